The van der Waals surface area contributed by atoms with Crippen molar-refractivity contribution >= 4 is 81.1 Å². The Kier molecular flexibility index (Phi) is 7.24. The molecule has 2 atom stereocenters. The van der Waals surface area contributed by atoms with Crippen LogP contribution in [0, 0.1) is 0 Å². The summed E-state index contributed by atoms with van der Waals surface area (Å²) < 4.78 is 11.7. The van der Waals surface area contributed by atoms with Gasteiger partial charge in [0.05, 0.1) is 16.7 Å². The van der Waals surface area contributed by atoms with Crippen LogP contribution < -0.4 is 10.6 Å². The number of thiophene rings is 1. The lowest BCUT2D eigenvalue weighted by Crippen LogP contribution is -2.44. The number of aromatic nitrogens is 1. The summed E-state index contributed by atoms with van der Waals surface area (Å²) in [5, 5.41) is 14.7. The molecule has 0 amide bonds. The van der Waals surface area contributed by atoms with Crippen LogP contribution in [0.3, 0.4) is 0 Å². The van der Waals surface area contributed by atoms with Crippen molar-refractivity contribution in [3.63, 3.8) is 0 Å². The standard InChI is InChI=1S/C51H34N4OS/c1-3-13-31(14-4-1)49-52-50(32-15-5-2-6-16-32)54-51(53-49)34-26-28-40-46(30-34)57-45-24-12-19-35(47(40)45)33-25-27-38-39-20-11-23-43(48(39)56-44(38)29-33)55-41-21-9-7-17-36(41)37-18-8-10-22-42(37)55/h1-30,49,51,53H,(H,52,54). The lowest BCUT2D eigenvalue weighted by atomic mass is 9.97. The van der Waals surface area contributed by atoms with Crippen molar-refractivity contribution in [2.45, 2.75) is 12.3 Å². The van der Waals surface area contributed by atoms with Crippen LogP contribution in [-0.2, 0) is 0 Å². The van der Waals surface area contributed by atoms with Gasteiger partial charge in [-0.2, -0.15) is 0 Å². The topological polar surface area (TPSA) is 54.5 Å². The summed E-state index contributed by atoms with van der Waals surface area (Å²) in [4.78, 5) is 5.11. The van der Waals surface area contributed by atoms with Gasteiger partial charge in [-0.1, -0.05) is 140 Å². The van der Waals surface area contributed by atoms with Crippen LogP contribution in [-0.4, -0.2) is 10.4 Å². The average molecular weight is 751 g/mol. The van der Waals surface area contributed by atoms with Crippen molar-refractivity contribution in [1.82, 2.24) is 15.2 Å². The first-order valence-corrected chi connectivity index (χ1v) is 20.2. The molecule has 5 nitrogen and oxygen atoms in total. The van der Waals surface area contributed by atoms with Crippen molar-refractivity contribution in [1.29, 1.82) is 0 Å². The second-order valence-corrected chi connectivity index (χ2v) is 15.9. The number of aliphatic imine (C=N–C) groups is 1. The Morgan fingerprint density at radius 2 is 1.23 bits per heavy atom. The minimum atomic E-state index is -0.177. The fourth-order valence-electron chi connectivity index (χ4n) is 8.85. The quantitative estimate of drug-likeness (QED) is 0.184. The zero-order valence-corrected chi connectivity index (χ0v) is 31.5. The first-order chi connectivity index (χ1) is 28.2. The Morgan fingerprint density at radius 1 is 0.526 bits per heavy atom. The van der Waals surface area contributed by atoms with E-state index in [4.69, 9.17) is 9.41 Å². The Labute approximate surface area is 332 Å². The summed E-state index contributed by atoms with van der Waals surface area (Å²) in [6, 6.07) is 64.8. The molecule has 2 unspecified atom stereocenters. The monoisotopic (exact) mass is 750 g/mol. The van der Waals surface area contributed by atoms with Gasteiger partial charge >= 0.3 is 0 Å². The van der Waals surface area contributed by atoms with E-state index in [9.17, 15) is 0 Å². The normalized spacial score (nSPS) is 15.9. The molecule has 12 rings (SSSR count). The molecule has 8 aromatic carbocycles. The number of nitrogens with one attached hydrogen (secondary N) is 2. The number of hydrogen-bond donors (Lipinski definition) is 2. The number of rotatable bonds is 5. The Hall–Kier alpha value is -6.99. The van der Waals surface area contributed by atoms with Crippen LogP contribution in [0.4, 0.5) is 0 Å². The molecule has 57 heavy (non-hydrogen) atoms. The van der Waals surface area contributed by atoms with Gasteiger partial charge in [-0.3, -0.25) is 5.32 Å². The van der Waals surface area contributed by atoms with Gasteiger partial charge in [0.2, 0.25) is 0 Å². The molecule has 4 heterocycles. The maximum atomic E-state index is 6.87. The van der Waals surface area contributed by atoms with Gasteiger partial charge in [0.15, 0.2) is 5.58 Å². The lowest BCUT2D eigenvalue weighted by Gasteiger charge is -2.32. The van der Waals surface area contributed by atoms with E-state index in [2.05, 4.69) is 185 Å². The molecule has 0 fully saturated rings. The number of furan rings is 1. The van der Waals surface area contributed by atoms with E-state index in [0.29, 0.717) is 0 Å². The third-order valence-electron chi connectivity index (χ3n) is 11.5. The van der Waals surface area contributed by atoms with E-state index in [1.165, 1.54) is 53.1 Å². The highest BCUT2D eigenvalue weighted by Gasteiger charge is 2.26. The van der Waals surface area contributed by atoms with Gasteiger partial charge in [-0.25, -0.2) is 4.99 Å². The predicted molar refractivity (Wildman–Crippen MR) is 238 cm³/mol. The molecule has 6 heteroatoms. The fourth-order valence-corrected chi connectivity index (χ4v) is 10.0. The highest BCUT2D eigenvalue weighted by atomic mass is 32.1. The van der Waals surface area contributed by atoms with Crippen LogP contribution in [0.25, 0.3) is 80.7 Å². The molecule has 1 aliphatic rings. The van der Waals surface area contributed by atoms with Gasteiger partial charge in [-0.05, 0) is 64.7 Å². The summed E-state index contributed by atoms with van der Waals surface area (Å²) in [6.45, 7) is 0. The number of hydrogen-bond acceptors (Lipinski definition) is 5. The van der Waals surface area contributed by atoms with Crippen LogP contribution >= 0.6 is 11.3 Å². The smallest absolute Gasteiger partial charge is 0.159 e. The fraction of sp³-hybridized carbons (Fsp3) is 0.0392. The highest BCUT2D eigenvalue weighted by Crippen LogP contribution is 2.43. The van der Waals surface area contributed by atoms with Crippen LogP contribution in [0.15, 0.2) is 191 Å². The molecule has 0 aliphatic carbocycles. The molecule has 11 aromatic rings. The van der Waals surface area contributed by atoms with Crippen molar-refractivity contribution < 1.29 is 4.42 Å². The van der Waals surface area contributed by atoms with Crippen LogP contribution in [0.5, 0.6) is 0 Å². The molecule has 0 saturated heterocycles. The Balaban J connectivity index is 0.951. The van der Waals surface area contributed by atoms with Crippen LogP contribution in [0.2, 0.25) is 0 Å². The molecule has 0 bridgehead atoms. The zero-order valence-electron chi connectivity index (χ0n) is 30.7. The van der Waals surface area contributed by atoms with Crippen LogP contribution in [0.1, 0.15) is 29.0 Å². The van der Waals surface area contributed by atoms with Crippen molar-refractivity contribution in [2.75, 3.05) is 0 Å². The predicted octanol–water partition coefficient (Wildman–Crippen LogP) is 13.1. The summed E-state index contributed by atoms with van der Waals surface area (Å²) in [5.41, 5.74) is 10.9. The Bertz CT molecular complexity index is 3320. The second kappa shape index (κ2) is 12.8. The first kappa shape index (κ1) is 32.3. The molecule has 2 N–H and O–H groups in total. The summed E-state index contributed by atoms with van der Waals surface area (Å²) in [5.74, 6) is 0.884. The molecule has 0 saturated carbocycles. The van der Waals surface area contributed by atoms with E-state index in [1.807, 2.05) is 23.5 Å². The van der Waals surface area contributed by atoms with E-state index in [1.54, 1.807) is 0 Å². The third-order valence-corrected chi connectivity index (χ3v) is 12.6. The van der Waals surface area contributed by atoms with Gasteiger partial charge in [0.1, 0.15) is 23.8 Å². The summed E-state index contributed by atoms with van der Waals surface area (Å²) in [6.07, 6.45) is -0.302. The van der Waals surface area contributed by atoms with Gasteiger partial charge in [0.25, 0.3) is 0 Å². The third kappa shape index (κ3) is 5.15. The van der Waals surface area contributed by atoms with Crippen molar-refractivity contribution in [2.24, 2.45) is 4.99 Å². The molecule has 3 aromatic heterocycles. The number of amidine groups is 1. The summed E-state index contributed by atoms with van der Waals surface area (Å²) >= 11 is 1.84. The lowest BCUT2D eigenvalue weighted by molar-refractivity contribution is 0.409. The summed E-state index contributed by atoms with van der Waals surface area (Å²) in [7, 11) is 0. The molecular formula is C51H34N4OS. The zero-order chi connectivity index (χ0) is 37.5. The van der Waals surface area contributed by atoms with Gasteiger partial charge in [0, 0.05) is 47.3 Å². The Morgan fingerprint density at radius 3 is 2.04 bits per heavy atom. The number of nitrogens with zero attached hydrogens (tertiary/aromatic N) is 2. The van der Waals surface area contributed by atoms with E-state index < -0.39 is 0 Å². The van der Waals surface area contributed by atoms with E-state index in [0.717, 1.165) is 50.2 Å². The largest absolute Gasteiger partial charge is 0.454 e. The maximum Gasteiger partial charge on any atom is 0.159 e. The minimum Gasteiger partial charge on any atom is -0.454 e. The first-order valence-electron chi connectivity index (χ1n) is 19.4. The molecule has 1 aliphatic heterocycles. The average Bonchev–Trinajstić information content (AvgIpc) is 3.96. The number of benzene rings is 8. The van der Waals surface area contributed by atoms with E-state index in [-0.39, 0.29) is 12.3 Å². The molecule has 0 spiro atoms. The van der Waals surface area contributed by atoms with Crippen molar-refractivity contribution in [3.8, 4) is 16.8 Å². The van der Waals surface area contributed by atoms with Gasteiger partial charge in [-0.15, -0.1) is 11.3 Å². The second-order valence-electron chi connectivity index (χ2n) is 14.8. The van der Waals surface area contributed by atoms with E-state index >= 15 is 0 Å². The maximum absolute atomic E-state index is 6.87. The number of fused-ring (bicyclic) bond motifs is 9. The number of para-hydroxylation sites is 3. The highest BCUT2D eigenvalue weighted by molar-refractivity contribution is 7.26. The SMILES string of the molecule is c1ccc(C2=NC(c3ccccc3)NC(c3ccc4c(c3)sc3cccc(-c5ccc6c(c5)oc5c(-n7c8ccccc8c8ccccc87)cccc56)c34)N2)cc1. The molecule has 270 valence electrons. The van der Waals surface area contributed by atoms with Gasteiger partial charge < -0.3 is 14.3 Å². The molecule has 0 radical (unpaired) electrons. The minimum absolute atomic E-state index is 0.125. The molecular weight excluding hydrogens is 717 g/mol. The van der Waals surface area contributed by atoms with Crippen molar-refractivity contribution in [3.05, 3.63) is 199 Å².